The first kappa shape index (κ1) is 14.1. The third-order valence-electron chi connectivity index (χ3n) is 2.74. The molecule has 1 aromatic rings. The average Bonchev–Trinajstić information content (AvgIpc) is 2.25. The van der Waals surface area contributed by atoms with Crippen molar-refractivity contribution < 1.29 is 22.7 Å². The number of amides is 1. The van der Waals surface area contributed by atoms with E-state index in [-0.39, 0.29) is 23.0 Å². The van der Waals surface area contributed by atoms with Gasteiger partial charge in [-0.1, -0.05) is 11.6 Å². The van der Waals surface area contributed by atoms with Crippen LogP contribution in [0.3, 0.4) is 0 Å². The van der Waals surface area contributed by atoms with Crippen LogP contribution >= 0.6 is 11.6 Å². The van der Waals surface area contributed by atoms with Crippen LogP contribution in [0.4, 0.5) is 18.9 Å². The minimum atomic E-state index is -4.56. The van der Waals surface area contributed by atoms with Gasteiger partial charge in [-0.05, 0) is 18.2 Å². The third-order valence-corrected chi connectivity index (χ3v) is 2.98. The van der Waals surface area contributed by atoms with E-state index < -0.39 is 17.6 Å². The van der Waals surface area contributed by atoms with E-state index in [1.807, 2.05) is 0 Å². The maximum Gasteiger partial charge on any atom is 0.418 e. The van der Waals surface area contributed by atoms with Crippen molar-refractivity contribution in [2.45, 2.75) is 12.6 Å². The molecule has 7 heteroatoms. The molecule has 0 atom stereocenters. The molecule has 1 aliphatic heterocycles. The number of carbonyl (C=O) groups is 1. The van der Waals surface area contributed by atoms with Crippen molar-refractivity contribution >= 4 is 23.2 Å². The molecule has 0 aromatic heterocycles. The zero-order valence-electron chi connectivity index (χ0n) is 9.76. The SMILES string of the molecule is O=C(CC1COC1)Nc1ccc(Cl)cc1C(F)(F)F. The summed E-state index contributed by atoms with van der Waals surface area (Å²) in [6.07, 6.45) is -4.41. The lowest BCUT2D eigenvalue weighted by molar-refractivity contribution is -0.137. The lowest BCUT2D eigenvalue weighted by Crippen LogP contribution is -2.31. The van der Waals surface area contributed by atoms with Gasteiger partial charge in [-0.2, -0.15) is 13.2 Å². The van der Waals surface area contributed by atoms with Gasteiger partial charge in [0.2, 0.25) is 5.91 Å². The van der Waals surface area contributed by atoms with E-state index in [9.17, 15) is 18.0 Å². The molecule has 0 radical (unpaired) electrons. The molecule has 0 bridgehead atoms. The molecule has 0 saturated carbocycles. The highest BCUT2D eigenvalue weighted by Gasteiger charge is 2.34. The summed E-state index contributed by atoms with van der Waals surface area (Å²) in [7, 11) is 0. The Labute approximate surface area is 112 Å². The van der Waals surface area contributed by atoms with Gasteiger partial charge in [-0.15, -0.1) is 0 Å². The molecule has 19 heavy (non-hydrogen) atoms. The Balaban J connectivity index is 2.12. The molecule has 1 fully saturated rings. The minimum Gasteiger partial charge on any atom is -0.381 e. The Hall–Kier alpha value is -1.27. The van der Waals surface area contributed by atoms with Gasteiger partial charge in [0, 0.05) is 17.4 Å². The van der Waals surface area contributed by atoms with Gasteiger partial charge >= 0.3 is 6.18 Å². The molecule has 1 aromatic carbocycles. The highest BCUT2D eigenvalue weighted by atomic mass is 35.5. The lowest BCUT2D eigenvalue weighted by atomic mass is 10.0. The van der Waals surface area contributed by atoms with Gasteiger partial charge < -0.3 is 10.1 Å². The Morgan fingerprint density at radius 2 is 2.11 bits per heavy atom. The zero-order chi connectivity index (χ0) is 14.0. The van der Waals surface area contributed by atoms with E-state index in [1.165, 1.54) is 6.07 Å². The number of alkyl halides is 3. The second-order valence-electron chi connectivity index (χ2n) is 4.34. The van der Waals surface area contributed by atoms with Crippen LogP contribution < -0.4 is 5.32 Å². The summed E-state index contributed by atoms with van der Waals surface area (Å²) < 4.78 is 43.3. The molecule has 104 valence electrons. The van der Waals surface area contributed by atoms with Crippen LogP contribution in [0.2, 0.25) is 5.02 Å². The van der Waals surface area contributed by atoms with Crippen LogP contribution in [0.25, 0.3) is 0 Å². The molecule has 1 aliphatic rings. The summed E-state index contributed by atoms with van der Waals surface area (Å²) in [4.78, 5) is 11.6. The molecule has 1 N–H and O–H groups in total. The largest absolute Gasteiger partial charge is 0.418 e. The Morgan fingerprint density at radius 3 is 2.63 bits per heavy atom. The average molecular weight is 294 g/mol. The zero-order valence-corrected chi connectivity index (χ0v) is 10.5. The van der Waals surface area contributed by atoms with Crippen molar-refractivity contribution in [1.29, 1.82) is 0 Å². The van der Waals surface area contributed by atoms with E-state index in [0.29, 0.717) is 13.2 Å². The van der Waals surface area contributed by atoms with Crippen molar-refractivity contribution in [1.82, 2.24) is 0 Å². The van der Waals surface area contributed by atoms with Gasteiger partial charge in [-0.25, -0.2) is 0 Å². The van der Waals surface area contributed by atoms with E-state index in [1.54, 1.807) is 0 Å². The van der Waals surface area contributed by atoms with Crippen molar-refractivity contribution in [2.75, 3.05) is 18.5 Å². The van der Waals surface area contributed by atoms with E-state index in [4.69, 9.17) is 16.3 Å². The lowest BCUT2D eigenvalue weighted by Gasteiger charge is -2.25. The molecule has 0 spiro atoms. The Bertz CT molecular complexity index is 486. The van der Waals surface area contributed by atoms with E-state index in [0.717, 1.165) is 12.1 Å². The molecular formula is C12H11ClF3NO2. The van der Waals surface area contributed by atoms with Crippen LogP contribution in [-0.4, -0.2) is 19.1 Å². The van der Waals surface area contributed by atoms with E-state index in [2.05, 4.69) is 5.32 Å². The summed E-state index contributed by atoms with van der Waals surface area (Å²) >= 11 is 5.55. The predicted octanol–water partition coefficient (Wildman–Crippen LogP) is 3.33. The second kappa shape index (κ2) is 5.38. The topological polar surface area (TPSA) is 38.3 Å². The molecule has 0 unspecified atom stereocenters. The molecule has 2 rings (SSSR count). The first-order valence-corrected chi connectivity index (χ1v) is 5.98. The summed E-state index contributed by atoms with van der Waals surface area (Å²) in [5.41, 5.74) is -1.22. The first-order chi connectivity index (χ1) is 8.86. The Morgan fingerprint density at radius 1 is 1.42 bits per heavy atom. The summed E-state index contributed by atoms with van der Waals surface area (Å²) in [5.74, 6) is -0.372. The predicted molar refractivity (Wildman–Crippen MR) is 64.0 cm³/mol. The van der Waals surface area contributed by atoms with Crippen LogP contribution in [0.15, 0.2) is 18.2 Å². The number of hydrogen-bond acceptors (Lipinski definition) is 2. The number of rotatable bonds is 3. The fourth-order valence-electron chi connectivity index (χ4n) is 1.73. The molecule has 1 heterocycles. The maximum atomic E-state index is 12.8. The van der Waals surface area contributed by atoms with Gasteiger partial charge in [-0.3, -0.25) is 4.79 Å². The molecular weight excluding hydrogens is 283 g/mol. The molecule has 3 nitrogen and oxygen atoms in total. The van der Waals surface area contributed by atoms with Crippen molar-refractivity contribution in [2.24, 2.45) is 5.92 Å². The number of anilines is 1. The number of carbonyl (C=O) groups excluding carboxylic acids is 1. The number of hydrogen-bond donors (Lipinski definition) is 1. The van der Waals surface area contributed by atoms with Crippen molar-refractivity contribution in [3.05, 3.63) is 28.8 Å². The van der Waals surface area contributed by atoms with Crippen LogP contribution in [0.1, 0.15) is 12.0 Å². The van der Waals surface area contributed by atoms with E-state index >= 15 is 0 Å². The monoisotopic (exact) mass is 293 g/mol. The highest BCUT2D eigenvalue weighted by Crippen LogP contribution is 2.36. The van der Waals surface area contributed by atoms with Gasteiger partial charge in [0.1, 0.15) is 0 Å². The standard InChI is InChI=1S/C12H11ClF3NO2/c13-8-1-2-10(9(4-8)12(14,15)16)17-11(18)3-7-5-19-6-7/h1-2,4,7H,3,5-6H2,(H,17,18). The number of nitrogens with one attached hydrogen (secondary N) is 1. The highest BCUT2D eigenvalue weighted by molar-refractivity contribution is 6.30. The van der Waals surface area contributed by atoms with Crippen LogP contribution in [0, 0.1) is 5.92 Å². The summed E-state index contributed by atoms with van der Waals surface area (Å²) in [6, 6.07) is 3.25. The smallest absolute Gasteiger partial charge is 0.381 e. The van der Waals surface area contributed by atoms with Gasteiger partial charge in [0.15, 0.2) is 0 Å². The number of halogens is 4. The molecule has 1 saturated heterocycles. The molecule has 1 amide bonds. The number of ether oxygens (including phenoxy) is 1. The van der Waals surface area contributed by atoms with Crippen LogP contribution in [0.5, 0.6) is 0 Å². The quantitative estimate of drug-likeness (QED) is 0.928. The normalized spacial score (nSPS) is 16.0. The fourth-order valence-corrected chi connectivity index (χ4v) is 1.90. The van der Waals surface area contributed by atoms with Crippen molar-refractivity contribution in [3.63, 3.8) is 0 Å². The van der Waals surface area contributed by atoms with Crippen molar-refractivity contribution in [3.8, 4) is 0 Å². The summed E-state index contributed by atoms with van der Waals surface area (Å²) in [6.45, 7) is 0.945. The van der Waals surface area contributed by atoms with Crippen LogP contribution in [-0.2, 0) is 15.7 Å². The first-order valence-electron chi connectivity index (χ1n) is 5.60. The number of benzene rings is 1. The fraction of sp³-hybridized carbons (Fsp3) is 0.417. The Kier molecular flexibility index (Phi) is 4.01. The molecule has 0 aliphatic carbocycles. The van der Waals surface area contributed by atoms with Gasteiger partial charge in [0.05, 0.1) is 24.5 Å². The third kappa shape index (κ3) is 3.61. The van der Waals surface area contributed by atoms with Gasteiger partial charge in [0.25, 0.3) is 0 Å². The second-order valence-corrected chi connectivity index (χ2v) is 4.78. The maximum absolute atomic E-state index is 12.8. The summed E-state index contributed by atoms with van der Waals surface area (Å²) in [5, 5.41) is 2.24. The minimum absolute atomic E-state index is 0.0299.